The molecular formula is C10H18N4O6S. The van der Waals surface area contributed by atoms with E-state index in [1.54, 1.807) is 0 Å². The lowest BCUT2D eigenvalue weighted by atomic mass is 10.1. The van der Waals surface area contributed by atoms with Gasteiger partial charge < -0.3 is 20.6 Å². The van der Waals surface area contributed by atoms with Crippen molar-refractivity contribution < 1.29 is 27.9 Å². The molecule has 3 amide bonds. The summed E-state index contributed by atoms with van der Waals surface area (Å²) in [6, 6.07) is -1.76. The van der Waals surface area contributed by atoms with Crippen LogP contribution >= 0.6 is 0 Å². The molecule has 0 radical (unpaired) electrons. The zero-order valence-electron chi connectivity index (χ0n) is 11.5. The van der Waals surface area contributed by atoms with Crippen molar-refractivity contribution in [1.29, 1.82) is 0 Å². The number of hydrogen-bond acceptors (Lipinski definition) is 5. The molecule has 0 aromatic rings. The van der Waals surface area contributed by atoms with Crippen molar-refractivity contribution in [1.82, 2.24) is 20.3 Å². The molecule has 1 atom stereocenters. The SMILES string of the molecule is CNS(=O)(=O)CCNC(=O)N1CCNC(=O)C1CC(=O)O. The first kappa shape index (κ1) is 17.2. The van der Waals surface area contributed by atoms with Crippen LogP contribution in [-0.2, 0) is 19.6 Å². The van der Waals surface area contributed by atoms with E-state index in [1.807, 2.05) is 0 Å². The van der Waals surface area contributed by atoms with Crippen LogP contribution in [-0.4, -0.2) is 74.8 Å². The first-order valence-electron chi connectivity index (χ1n) is 6.22. The Labute approximate surface area is 121 Å². The molecular weight excluding hydrogens is 304 g/mol. The van der Waals surface area contributed by atoms with Crippen LogP contribution in [0.2, 0.25) is 0 Å². The standard InChI is InChI=1S/C10H18N4O6S/c1-11-21(19,20)5-3-13-10(18)14-4-2-12-9(17)7(14)6-8(15)16/h7,11H,2-6H2,1H3,(H,12,17)(H,13,18)(H,15,16). The Hall–Kier alpha value is -1.88. The van der Waals surface area contributed by atoms with Crippen molar-refractivity contribution in [3.63, 3.8) is 0 Å². The predicted octanol–water partition coefficient (Wildman–Crippen LogP) is -2.48. The molecule has 0 bridgehead atoms. The Kier molecular flexibility index (Phi) is 5.90. The molecule has 0 spiro atoms. The van der Waals surface area contributed by atoms with E-state index in [0.29, 0.717) is 0 Å². The monoisotopic (exact) mass is 322 g/mol. The molecule has 11 heteroatoms. The van der Waals surface area contributed by atoms with E-state index in [2.05, 4.69) is 15.4 Å². The van der Waals surface area contributed by atoms with Gasteiger partial charge in [0.15, 0.2) is 0 Å². The Bertz CT molecular complexity index is 520. The fourth-order valence-electron chi connectivity index (χ4n) is 1.82. The van der Waals surface area contributed by atoms with Gasteiger partial charge in [-0.2, -0.15) is 0 Å². The van der Waals surface area contributed by atoms with Crippen LogP contribution in [0.4, 0.5) is 4.79 Å². The molecule has 1 aliphatic heterocycles. The maximum atomic E-state index is 11.9. The van der Waals surface area contributed by atoms with Gasteiger partial charge in [-0.3, -0.25) is 9.59 Å². The quantitative estimate of drug-likeness (QED) is 0.426. The molecule has 21 heavy (non-hydrogen) atoms. The van der Waals surface area contributed by atoms with Crippen LogP contribution in [0.3, 0.4) is 0 Å². The van der Waals surface area contributed by atoms with Gasteiger partial charge >= 0.3 is 12.0 Å². The third kappa shape index (κ3) is 5.19. The third-order valence-electron chi connectivity index (χ3n) is 2.92. The topological polar surface area (TPSA) is 145 Å². The maximum absolute atomic E-state index is 11.9. The van der Waals surface area contributed by atoms with E-state index in [0.717, 1.165) is 4.90 Å². The second-order valence-electron chi connectivity index (χ2n) is 4.35. The van der Waals surface area contributed by atoms with E-state index >= 15 is 0 Å². The zero-order valence-corrected chi connectivity index (χ0v) is 12.3. The van der Waals surface area contributed by atoms with E-state index in [4.69, 9.17) is 5.11 Å². The lowest BCUT2D eigenvalue weighted by Crippen LogP contribution is -2.60. The molecule has 1 aliphatic rings. The molecule has 4 N–H and O–H groups in total. The number of carbonyl (C=O) groups is 3. The molecule has 0 saturated carbocycles. The smallest absolute Gasteiger partial charge is 0.318 e. The van der Waals surface area contributed by atoms with Crippen molar-refractivity contribution in [2.75, 3.05) is 32.4 Å². The lowest BCUT2D eigenvalue weighted by molar-refractivity contribution is -0.142. The highest BCUT2D eigenvalue weighted by Gasteiger charge is 2.34. The second kappa shape index (κ2) is 7.22. The summed E-state index contributed by atoms with van der Waals surface area (Å²) in [7, 11) is -2.19. The number of urea groups is 1. The summed E-state index contributed by atoms with van der Waals surface area (Å²) in [4.78, 5) is 35.4. The van der Waals surface area contributed by atoms with Crippen LogP contribution in [0.1, 0.15) is 6.42 Å². The Morgan fingerprint density at radius 2 is 2.14 bits per heavy atom. The van der Waals surface area contributed by atoms with Gasteiger partial charge in [-0.25, -0.2) is 17.9 Å². The summed E-state index contributed by atoms with van der Waals surface area (Å²) in [6.07, 6.45) is -0.506. The number of sulfonamides is 1. The number of aliphatic carboxylic acids is 1. The summed E-state index contributed by atoms with van der Waals surface area (Å²) in [5.74, 6) is -2.05. The Morgan fingerprint density at radius 1 is 1.48 bits per heavy atom. The highest BCUT2D eigenvalue weighted by Crippen LogP contribution is 2.09. The molecule has 1 heterocycles. The molecule has 1 fully saturated rings. The summed E-state index contributed by atoms with van der Waals surface area (Å²) < 4.78 is 24.5. The fourth-order valence-corrected chi connectivity index (χ4v) is 2.40. The minimum absolute atomic E-state index is 0.139. The molecule has 0 aromatic carbocycles. The third-order valence-corrected chi connectivity index (χ3v) is 4.28. The number of carbonyl (C=O) groups excluding carboxylic acids is 2. The Morgan fingerprint density at radius 3 is 2.71 bits per heavy atom. The van der Waals surface area contributed by atoms with E-state index in [1.165, 1.54) is 7.05 Å². The lowest BCUT2D eigenvalue weighted by Gasteiger charge is -2.34. The van der Waals surface area contributed by atoms with Crippen molar-refractivity contribution >= 4 is 27.9 Å². The number of hydrogen-bond donors (Lipinski definition) is 4. The van der Waals surface area contributed by atoms with Gasteiger partial charge in [0.25, 0.3) is 0 Å². The first-order chi connectivity index (χ1) is 9.76. The number of amides is 3. The molecule has 0 aromatic heterocycles. The van der Waals surface area contributed by atoms with Gasteiger partial charge in [0.1, 0.15) is 6.04 Å². The normalized spacial score (nSPS) is 19.0. The Balaban J connectivity index is 2.61. The van der Waals surface area contributed by atoms with Gasteiger partial charge in [-0.05, 0) is 7.05 Å². The van der Waals surface area contributed by atoms with E-state index in [-0.39, 0.29) is 25.4 Å². The van der Waals surface area contributed by atoms with Crippen LogP contribution in [0.25, 0.3) is 0 Å². The summed E-state index contributed by atoms with van der Waals surface area (Å²) in [6.45, 7) is 0.241. The van der Waals surface area contributed by atoms with Crippen LogP contribution in [0, 0.1) is 0 Å². The maximum Gasteiger partial charge on any atom is 0.318 e. The minimum Gasteiger partial charge on any atom is -0.481 e. The number of carboxylic acid groups (broad SMARTS) is 1. The van der Waals surface area contributed by atoms with Crippen molar-refractivity contribution in [3.05, 3.63) is 0 Å². The summed E-state index contributed by atoms with van der Waals surface area (Å²) in [5.41, 5.74) is 0. The molecule has 1 saturated heterocycles. The van der Waals surface area contributed by atoms with Crippen molar-refractivity contribution in [2.24, 2.45) is 0 Å². The highest BCUT2D eigenvalue weighted by molar-refractivity contribution is 7.89. The second-order valence-corrected chi connectivity index (χ2v) is 6.40. The number of rotatable bonds is 6. The number of nitrogens with one attached hydrogen (secondary N) is 3. The average molecular weight is 322 g/mol. The molecule has 120 valence electrons. The zero-order chi connectivity index (χ0) is 16.0. The van der Waals surface area contributed by atoms with Crippen LogP contribution in [0.5, 0.6) is 0 Å². The average Bonchev–Trinajstić information content (AvgIpc) is 2.40. The number of carboxylic acids is 1. The van der Waals surface area contributed by atoms with Crippen molar-refractivity contribution in [2.45, 2.75) is 12.5 Å². The number of piperazine rings is 1. The molecule has 1 rings (SSSR count). The van der Waals surface area contributed by atoms with Crippen LogP contribution < -0.4 is 15.4 Å². The first-order valence-corrected chi connectivity index (χ1v) is 7.87. The van der Waals surface area contributed by atoms with Crippen LogP contribution in [0.15, 0.2) is 0 Å². The summed E-state index contributed by atoms with van der Waals surface area (Å²) in [5, 5.41) is 13.6. The van der Waals surface area contributed by atoms with Gasteiger partial charge in [0, 0.05) is 19.6 Å². The van der Waals surface area contributed by atoms with Gasteiger partial charge in [0.2, 0.25) is 15.9 Å². The molecule has 10 nitrogen and oxygen atoms in total. The fraction of sp³-hybridized carbons (Fsp3) is 0.700. The predicted molar refractivity (Wildman–Crippen MR) is 72.0 cm³/mol. The molecule has 0 aliphatic carbocycles. The van der Waals surface area contributed by atoms with Gasteiger partial charge in [0.05, 0.1) is 12.2 Å². The summed E-state index contributed by atoms with van der Waals surface area (Å²) >= 11 is 0. The molecule has 1 unspecified atom stereocenters. The minimum atomic E-state index is -3.45. The van der Waals surface area contributed by atoms with E-state index in [9.17, 15) is 22.8 Å². The van der Waals surface area contributed by atoms with Gasteiger partial charge in [-0.1, -0.05) is 0 Å². The van der Waals surface area contributed by atoms with Gasteiger partial charge in [-0.15, -0.1) is 0 Å². The van der Waals surface area contributed by atoms with E-state index < -0.39 is 40.4 Å². The number of nitrogens with zero attached hydrogens (tertiary/aromatic N) is 1. The van der Waals surface area contributed by atoms with Crippen molar-refractivity contribution in [3.8, 4) is 0 Å². The highest BCUT2D eigenvalue weighted by atomic mass is 32.2. The largest absolute Gasteiger partial charge is 0.481 e.